The molecule has 2 amide bonds. The van der Waals surface area contributed by atoms with E-state index in [9.17, 15) is 14.4 Å². The molecule has 32 heavy (non-hydrogen) atoms. The fraction of sp³-hybridized carbons (Fsp3) is 0.217. The summed E-state index contributed by atoms with van der Waals surface area (Å²) in [5, 5.41) is 10.3. The molecule has 0 saturated heterocycles. The summed E-state index contributed by atoms with van der Waals surface area (Å²) in [6.07, 6.45) is 1.54. The van der Waals surface area contributed by atoms with Crippen LogP contribution in [0, 0.1) is 0 Å². The van der Waals surface area contributed by atoms with Crippen LogP contribution in [-0.2, 0) is 9.53 Å². The van der Waals surface area contributed by atoms with Gasteiger partial charge in [-0.25, -0.2) is 4.68 Å². The molecule has 1 aromatic heterocycles. The van der Waals surface area contributed by atoms with Crippen LogP contribution in [0.15, 0.2) is 54.7 Å². The molecule has 0 atom stereocenters. The molecule has 3 aromatic rings. The van der Waals surface area contributed by atoms with Crippen molar-refractivity contribution in [3.63, 3.8) is 0 Å². The Morgan fingerprint density at radius 2 is 1.69 bits per heavy atom. The zero-order valence-electron chi connectivity index (χ0n) is 17.9. The second kappa shape index (κ2) is 10.1. The average molecular weight is 455 g/mol. The van der Waals surface area contributed by atoms with E-state index >= 15 is 0 Å². The number of halogens is 1. The number of amides is 2. The number of hydrogen-bond acceptors (Lipinski definition) is 5. The highest BCUT2D eigenvalue weighted by molar-refractivity contribution is 6.30. The van der Waals surface area contributed by atoms with Crippen molar-refractivity contribution in [1.29, 1.82) is 0 Å². The van der Waals surface area contributed by atoms with E-state index in [0.717, 1.165) is 11.4 Å². The van der Waals surface area contributed by atoms with E-state index in [1.165, 1.54) is 13.3 Å². The molecule has 0 bridgehead atoms. The van der Waals surface area contributed by atoms with E-state index < -0.39 is 11.9 Å². The van der Waals surface area contributed by atoms with Gasteiger partial charge in [-0.05, 0) is 54.4 Å². The van der Waals surface area contributed by atoms with Crippen molar-refractivity contribution in [1.82, 2.24) is 15.1 Å². The minimum atomic E-state index is -0.540. The molecular weight excluding hydrogens is 432 g/mol. The average Bonchev–Trinajstić information content (AvgIpc) is 3.24. The molecule has 1 heterocycles. The monoisotopic (exact) mass is 454 g/mol. The fourth-order valence-electron chi connectivity index (χ4n) is 3.11. The molecule has 0 spiro atoms. The minimum absolute atomic E-state index is 0.0369. The number of rotatable bonds is 7. The number of aromatic nitrogens is 2. The lowest BCUT2D eigenvalue weighted by Gasteiger charge is -2.13. The highest BCUT2D eigenvalue weighted by atomic mass is 35.5. The van der Waals surface area contributed by atoms with Gasteiger partial charge in [0.15, 0.2) is 0 Å². The van der Waals surface area contributed by atoms with Crippen LogP contribution in [-0.4, -0.2) is 41.2 Å². The van der Waals surface area contributed by atoms with E-state index in [2.05, 4.69) is 20.5 Å². The lowest BCUT2D eigenvalue weighted by atomic mass is 10.0. The standard InChI is InChI=1S/C23H23ClN4O4/c1-14(2)21-19(12-26-28(21)18-10-6-16(24)7-11-18)23(31)27-17-8-4-15(5-9-17)22(30)25-13-20(29)32-3/h4-12,14H,13H2,1-3H3,(H,25,30)(H,27,31). The van der Waals surface area contributed by atoms with Crippen molar-refractivity contribution in [3.8, 4) is 5.69 Å². The zero-order valence-corrected chi connectivity index (χ0v) is 18.6. The van der Waals surface area contributed by atoms with Gasteiger partial charge in [-0.1, -0.05) is 25.4 Å². The van der Waals surface area contributed by atoms with Crippen molar-refractivity contribution in [2.45, 2.75) is 19.8 Å². The number of benzene rings is 2. The number of carbonyl (C=O) groups is 3. The van der Waals surface area contributed by atoms with Gasteiger partial charge in [-0.3, -0.25) is 14.4 Å². The van der Waals surface area contributed by atoms with Crippen molar-refractivity contribution in [2.75, 3.05) is 19.0 Å². The van der Waals surface area contributed by atoms with Crippen molar-refractivity contribution in [3.05, 3.63) is 76.6 Å². The third kappa shape index (κ3) is 5.33. The lowest BCUT2D eigenvalue weighted by Crippen LogP contribution is -2.30. The summed E-state index contributed by atoms with van der Waals surface area (Å²) in [6, 6.07) is 13.6. The Balaban J connectivity index is 1.75. The third-order valence-corrected chi connectivity index (χ3v) is 4.95. The summed E-state index contributed by atoms with van der Waals surface area (Å²) in [4.78, 5) is 36.2. The van der Waals surface area contributed by atoms with E-state index in [0.29, 0.717) is 21.8 Å². The summed E-state index contributed by atoms with van der Waals surface area (Å²) in [5.41, 5.74) is 2.90. The Morgan fingerprint density at radius 1 is 1.03 bits per heavy atom. The van der Waals surface area contributed by atoms with Crippen LogP contribution in [0.4, 0.5) is 5.69 Å². The van der Waals surface area contributed by atoms with Gasteiger partial charge in [0.2, 0.25) is 0 Å². The number of anilines is 1. The molecule has 0 aliphatic heterocycles. The molecule has 0 fully saturated rings. The summed E-state index contributed by atoms with van der Waals surface area (Å²) in [6.45, 7) is 3.76. The second-order valence-electron chi connectivity index (χ2n) is 7.28. The molecule has 0 radical (unpaired) electrons. The number of hydrogen-bond donors (Lipinski definition) is 2. The first-order valence-corrected chi connectivity index (χ1v) is 10.3. The van der Waals surface area contributed by atoms with Gasteiger partial charge in [0.1, 0.15) is 6.54 Å². The highest BCUT2D eigenvalue weighted by Crippen LogP contribution is 2.25. The predicted octanol–water partition coefficient (Wildman–Crippen LogP) is 3.80. The Kier molecular flexibility index (Phi) is 7.27. The molecule has 0 aliphatic carbocycles. The number of nitrogens with zero attached hydrogens (tertiary/aromatic N) is 2. The lowest BCUT2D eigenvalue weighted by molar-refractivity contribution is -0.139. The van der Waals surface area contributed by atoms with Gasteiger partial charge in [0, 0.05) is 16.3 Å². The predicted molar refractivity (Wildman–Crippen MR) is 121 cm³/mol. The number of methoxy groups -OCH3 is 1. The maximum atomic E-state index is 13.0. The Morgan fingerprint density at radius 3 is 2.28 bits per heavy atom. The third-order valence-electron chi connectivity index (χ3n) is 4.70. The van der Waals surface area contributed by atoms with Crippen LogP contribution in [0.1, 0.15) is 46.2 Å². The van der Waals surface area contributed by atoms with Gasteiger partial charge in [0.05, 0.1) is 30.3 Å². The van der Waals surface area contributed by atoms with Gasteiger partial charge in [-0.15, -0.1) is 0 Å². The summed E-state index contributed by atoms with van der Waals surface area (Å²) < 4.78 is 6.22. The van der Waals surface area contributed by atoms with E-state index in [1.54, 1.807) is 41.1 Å². The number of ether oxygens (including phenoxy) is 1. The van der Waals surface area contributed by atoms with Crippen LogP contribution < -0.4 is 10.6 Å². The number of carbonyl (C=O) groups excluding carboxylic acids is 3. The molecule has 0 unspecified atom stereocenters. The van der Waals surface area contributed by atoms with Crippen LogP contribution in [0.25, 0.3) is 5.69 Å². The normalized spacial score (nSPS) is 10.7. The Bertz CT molecular complexity index is 1120. The second-order valence-corrected chi connectivity index (χ2v) is 7.71. The Hall–Kier alpha value is -3.65. The summed E-state index contributed by atoms with van der Waals surface area (Å²) in [5.74, 6) is -1.23. The molecule has 3 rings (SSSR count). The maximum absolute atomic E-state index is 13.0. The van der Waals surface area contributed by atoms with Crippen molar-refractivity contribution >= 4 is 35.1 Å². The van der Waals surface area contributed by atoms with Gasteiger partial charge < -0.3 is 15.4 Å². The molecule has 8 nitrogen and oxygen atoms in total. The van der Waals surface area contributed by atoms with E-state index in [1.807, 2.05) is 26.0 Å². The maximum Gasteiger partial charge on any atom is 0.325 e. The first kappa shape index (κ1) is 23.0. The largest absolute Gasteiger partial charge is 0.468 e. The van der Waals surface area contributed by atoms with Gasteiger partial charge in [0.25, 0.3) is 11.8 Å². The minimum Gasteiger partial charge on any atom is -0.468 e. The van der Waals surface area contributed by atoms with Crippen LogP contribution in [0.5, 0.6) is 0 Å². The molecule has 166 valence electrons. The topological polar surface area (TPSA) is 102 Å². The number of esters is 1. The summed E-state index contributed by atoms with van der Waals surface area (Å²) >= 11 is 5.98. The summed E-state index contributed by atoms with van der Waals surface area (Å²) in [7, 11) is 1.25. The first-order valence-electron chi connectivity index (χ1n) is 9.90. The fourth-order valence-corrected chi connectivity index (χ4v) is 3.23. The van der Waals surface area contributed by atoms with Gasteiger partial charge in [-0.2, -0.15) is 5.10 Å². The van der Waals surface area contributed by atoms with E-state index in [4.69, 9.17) is 11.6 Å². The zero-order chi connectivity index (χ0) is 23.3. The van der Waals surface area contributed by atoms with Crippen LogP contribution in [0.3, 0.4) is 0 Å². The molecule has 2 N–H and O–H groups in total. The molecule has 0 saturated carbocycles. The first-order chi connectivity index (χ1) is 15.3. The van der Waals surface area contributed by atoms with E-state index in [-0.39, 0.29) is 18.4 Å². The van der Waals surface area contributed by atoms with Crippen LogP contribution in [0.2, 0.25) is 5.02 Å². The van der Waals surface area contributed by atoms with Gasteiger partial charge >= 0.3 is 5.97 Å². The smallest absolute Gasteiger partial charge is 0.325 e. The van der Waals surface area contributed by atoms with Crippen LogP contribution >= 0.6 is 11.6 Å². The molecule has 2 aromatic carbocycles. The van der Waals surface area contributed by atoms with Crippen molar-refractivity contribution in [2.24, 2.45) is 0 Å². The molecule has 9 heteroatoms. The Labute approximate surface area is 190 Å². The molecule has 0 aliphatic rings. The SMILES string of the molecule is COC(=O)CNC(=O)c1ccc(NC(=O)c2cnn(-c3ccc(Cl)cc3)c2C(C)C)cc1. The highest BCUT2D eigenvalue weighted by Gasteiger charge is 2.21. The quantitative estimate of drug-likeness (QED) is 0.528. The van der Waals surface area contributed by atoms with Crippen molar-refractivity contribution < 1.29 is 19.1 Å². The molecular formula is C23H23ClN4O4. The number of nitrogens with one attached hydrogen (secondary N) is 2.